The third-order valence-electron chi connectivity index (χ3n) is 13.1. The van der Waals surface area contributed by atoms with Crippen LogP contribution in [0.5, 0.6) is 0 Å². The average Bonchev–Trinajstić information content (AvgIpc) is 3.89. The molecule has 0 unspecified atom stereocenters. The lowest BCUT2D eigenvalue weighted by molar-refractivity contribution is 1.17. The normalized spacial score (nSPS) is 11.8. The number of para-hydroxylation sites is 3. The van der Waals surface area contributed by atoms with E-state index in [1.54, 1.807) is 0 Å². The van der Waals surface area contributed by atoms with Crippen molar-refractivity contribution in [2.45, 2.75) is 0 Å². The number of hydrogen-bond acceptors (Lipinski definition) is 0. The van der Waals surface area contributed by atoms with Crippen molar-refractivity contribution in [2.75, 3.05) is 0 Å². The summed E-state index contributed by atoms with van der Waals surface area (Å²) in [4.78, 5) is 0. The van der Waals surface area contributed by atoms with E-state index in [1.807, 2.05) is 0 Å². The van der Waals surface area contributed by atoms with Crippen LogP contribution in [-0.4, -0.2) is 17.2 Å². The summed E-state index contributed by atoms with van der Waals surface area (Å²) in [6, 6.07) is 94.5. The van der Waals surface area contributed by atoms with Crippen molar-refractivity contribution in [1.29, 1.82) is 0 Å². The van der Waals surface area contributed by atoms with Gasteiger partial charge >= 0.3 is 0 Å². The minimum Gasteiger partial charge on any atom is -0.309 e. The highest BCUT2D eigenvalue weighted by atomic mass is 28.3. The molecule has 0 atom stereocenters. The van der Waals surface area contributed by atoms with Gasteiger partial charge in [0.05, 0.1) is 33.4 Å². The van der Waals surface area contributed by atoms with E-state index in [2.05, 4.69) is 264 Å². The lowest BCUT2D eigenvalue weighted by Crippen LogP contribution is -2.75. The molecule has 296 valence electrons. The molecule has 0 N–H and O–H groups in total. The standard InChI is InChI=1S/C60H42N2Si/c1-6-23-43(24-7-1)48-33-16-19-36-53(48)61-55-38-21-18-35-52(55)58-56(61)39-22-40-57(58)62-54-37-20-17-34-50(54)51-42-41-49(44-25-8-2-9-26-44)60(59(51)62)63(45-27-10-3-11-28-45,46-29-12-4-13-30-46)47-31-14-5-15-32-47/h1-42H. The molecule has 12 rings (SSSR count). The molecule has 0 bridgehead atoms. The summed E-state index contributed by atoms with van der Waals surface area (Å²) in [6.45, 7) is 0. The Morgan fingerprint density at radius 2 is 0.714 bits per heavy atom. The molecule has 63 heavy (non-hydrogen) atoms. The second-order valence-corrected chi connectivity index (χ2v) is 20.1. The second kappa shape index (κ2) is 15.2. The zero-order valence-corrected chi connectivity index (χ0v) is 35.6. The van der Waals surface area contributed by atoms with E-state index in [0.717, 1.165) is 11.4 Å². The van der Waals surface area contributed by atoms with Gasteiger partial charge in [-0.15, -0.1) is 0 Å². The van der Waals surface area contributed by atoms with Crippen molar-refractivity contribution >= 4 is 72.4 Å². The molecular weight excluding hydrogens is 777 g/mol. The van der Waals surface area contributed by atoms with E-state index in [-0.39, 0.29) is 0 Å². The molecule has 0 aliphatic rings. The van der Waals surface area contributed by atoms with Gasteiger partial charge in [-0.2, -0.15) is 0 Å². The minimum absolute atomic E-state index is 1.16. The van der Waals surface area contributed by atoms with Crippen LogP contribution in [0.4, 0.5) is 0 Å². The fourth-order valence-corrected chi connectivity index (χ4v) is 15.7. The Balaban J connectivity index is 1.30. The quantitative estimate of drug-likeness (QED) is 0.107. The van der Waals surface area contributed by atoms with Crippen LogP contribution in [-0.2, 0) is 0 Å². The summed E-state index contributed by atoms with van der Waals surface area (Å²) < 4.78 is 5.11. The molecule has 0 fully saturated rings. The first-order valence-electron chi connectivity index (χ1n) is 21.8. The fourth-order valence-electron chi connectivity index (χ4n) is 10.5. The van der Waals surface area contributed by atoms with E-state index in [0.29, 0.717) is 0 Å². The Morgan fingerprint density at radius 3 is 1.32 bits per heavy atom. The van der Waals surface area contributed by atoms with Crippen LogP contribution in [0.15, 0.2) is 255 Å². The molecule has 10 aromatic carbocycles. The van der Waals surface area contributed by atoms with Gasteiger partial charge in [0.15, 0.2) is 8.07 Å². The zero-order chi connectivity index (χ0) is 41.7. The third kappa shape index (κ3) is 5.71. The van der Waals surface area contributed by atoms with Gasteiger partial charge in [-0.25, -0.2) is 0 Å². The summed E-state index contributed by atoms with van der Waals surface area (Å²) in [5, 5.41) is 10.3. The van der Waals surface area contributed by atoms with Crippen LogP contribution < -0.4 is 20.7 Å². The maximum Gasteiger partial charge on any atom is 0.182 e. The van der Waals surface area contributed by atoms with Gasteiger partial charge < -0.3 is 9.13 Å². The van der Waals surface area contributed by atoms with Crippen LogP contribution in [0.3, 0.4) is 0 Å². The maximum absolute atomic E-state index is 3.16. The summed E-state index contributed by atoms with van der Waals surface area (Å²) in [7, 11) is -3.16. The van der Waals surface area contributed by atoms with Crippen molar-refractivity contribution in [3.8, 4) is 33.6 Å². The molecular formula is C60H42N2Si. The zero-order valence-electron chi connectivity index (χ0n) is 34.6. The predicted molar refractivity (Wildman–Crippen MR) is 270 cm³/mol. The van der Waals surface area contributed by atoms with Gasteiger partial charge in [0.25, 0.3) is 0 Å². The highest BCUT2D eigenvalue weighted by Gasteiger charge is 2.45. The summed E-state index contributed by atoms with van der Waals surface area (Å²) in [5.41, 5.74) is 11.9. The van der Waals surface area contributed by atoms with Crippen molar-refractivity contribution in [3.05, 3.63) is 255 Å². The first-order valence-corrected chi connectivity index (χ1v) is 23.8. The molecule has 0 aliphatic carbocycles. The predicted octanol–water partition coefficient (Wildman–Crippen LogP) is 12.6. The molecule has 0 spiro atoms. The lowest BCUT2D eigenvalue weighted by Gasteiger charge is -2.37. The van der Waals surface area contributed by atoms with Crippen LogP contribution in [0.1, 0.15) is 0 Å². The number of hydrogen-bond donors (Lipinski definition) is 0. The van der Waals surface area contributed by atoms with Crippen LogP contribution in [0.25, 0.3) is 77.2 Å². The van der Waals surface area contributed by atoms with E-state index >= 15 is 0 Å². The van der Waals surface area contributed by atoms with E-state index in [4.69, 9.17) is 0 Å². The van der Waals surface area contributed by atoms with E-state index in [1.165, 1.54) is 86.6 Å². The number of aromatic nitrogens is 2. The van der Waals surface area contributed by atoms with Crippen molar-refractivity contribution < 1.29 is 0 Å². The molecule has 0 saturated heterocycles. The minimum atomic E-state index is -3.16. The Hall–Kier alpha value is -7.98. The van der Waals surface area contributed by atoms with Gasteiger partial charge in [0.1, 0.15) is 0 Å². The summed E-state index contributed by atoms with van der Waals surface area (Å²) in [5.74, 6) is 0. The Kier molecular flexibility index (Phi) is 8.87. The molecule has 3 heteroatoms. The van der Waals surface area contributed by atoms with Gasteiger partial charge in [-0.3, -0.25) is 0 Å². The average molecular weight is 819 g/mol. The van der Waals surface area contributed by atoms with Crippen LogP contribution in [0, 0.1) is 0 Å². The largest absolute Gasteiger partial charge is 0.309 e. The van der Waals surface area contributed by atoms with E-state index < -0.39 is 8.07 Å². The molecule has 0 radical (unpaired) electrons. The molecule has 0 saturated carbocycles. The molecule has 2 nitrogen and oxygen atoms in total. The van der Waals surface area contributed by atoms with Crippen LogP contribution in [0.2, 0.25) is 0 Å². The topological polar surface area (TPSA) is 9.86 Å². The first kappa shape index (κ1) is 36.8. The summed E-state index contributed by atoms with van der Waals surface area (Å²) >= 11 is 0. The molecule has 0 amide bonds. The smallest absolute Gasteiger partial charge is 0.182 e. The Labute approximate surface area is 368 Å². The summed E-state index contributed by atoms with van der Waals surface area (Å²) in [6.07, 6.45) is 0. The molecule has 0 aliphatic heterocycles. The number of benzene rings is 10. The van der Waals surface area contributed by atoms with Crippen LogP contribution >= 0.6 is 0 Å². The van der Waals surface area contributed by atoms with Crippen molar-refractivity contribution in [2.24, 2.45) is 0 Å². The fraction of sp³-hybridized carbons (Fsp3) is 0. The Morgan fingerprint density at radius 1 is 0.270 bits per heavy atom. The Bertz CT molecular complexity index is 3500. The van der Waals surface area contributed by atoms with Gasteiger partial charge in [0.2, 0.25) is 0 Å². The lowest BCUT2D eigenvalue weighted by atomic mass is 10.0. The monoisotopic (exact) mass is 818 g/mol. The number of fused-ring (bicyclic) bond motifs is 6. The van der Waals surface area contributed by atoms with Crippen molar-refractivity contribution in [1.82, 2.24) is 9.13 Å². The van der Waals surface area contributed by atoms with Gasteiger partial charge in [-0.05, 0) is 67.8 Å². The molecule has 2 heterocycles. The highest BCUT2D eigenvalue weighted by molar-refractivity contribution is 7.21. The van der Waals surface area contributed by atoms with E-state index in [9.17, 15) is 0 Å². The first-order chi connectivity index (χ1) is 31.3. The highest BCUT2D eigenvalue weighted by Crippen LogP contribution is 2.42. The SMILES string of the molecule is c1ccc(-c2ccccc2-n2c3ccccc3c3c(-n4c5ccccc5c5ccc(-c6ccccc6)c([Si](c6ccccc6)(c6ccccc6)c6ccccc6)c54)cccc32)cc1. The van der Waals surface area contributed by atoms with Gasteiger partial charge in [-0.1, -0.05) is 224 Å². The molecule has 2 aromatic heterocycles. The van der Waals surface area contributed by atoms with Gasteiger partial charge in [0, 0.05) is 27.1 Å². The third-order valence-corrected chi connectivity index (χ3v) is 17.9. The number of nitrogens with zero attached hydrogens (tertiary/aromatic N) is 2. The second-order valence-electron chi connectivity index (χ2n) is 16.4. The number of rotatable bonds is 8. The maximum atomic E-state index is 2.63. The van der Waals surface area contributed by atoms with Crippen molar-refractivity contribution in [3.63, 3.8) is 0 Å². The molecule has 12 aromatic rings.